The van der Waals surface area contributed by atoms with Crippen molar-refractivity contribution in [3.63, 3.8) is 0 Å². The molecule has 1 aromatic carbocycles. The number of hydrogen-bond donors (Lipinski definition) is 2. The molecule has 0 bridgehead atoms. The zero-order valence-corrected chi connectivity index (χ0v) is 13.5. The van der Waals surface area contributed by atoms with Crippen molar-refractivity contribution in [3.05, 3.63) is 29.8 Å². The Bertz CT molecular complexity index is 724. The maximum Gasteiger partial charge on any atom is 0.244 e. The van der Waals surface area contributed by atoms with Crippen LogP contribution in [0.2, 0.25) is 0 Å². The van der Waals surface area contributed by atoms with Gasteiger partial charge in [-0.2, -0.15) is 4.80 Å². The van der Waals surface area contributed by atoms with Gasteiger partial charge in [-0.1, -0.05) is 29.8 Å². The third-order valence-electron chi connectivity index (χ3n) is 3.92. The first-order valence-electron chi connectivity index (χ1n) is 8.04. The minimum absolute atomic E-state index is 0.0668. The van der Waals surface area contributed by atoms with Crippen LogP contribution in [0.3, 0.4) is 0 Å². The zero-order chi connectivity index (χ0) is 16.9. The van der Waals surface area contributed by atoms with Crippen molar-refractivity contribution in [2.45, 2.75) is 38.8 Å². The summed E-state index contributed by atoms with van der Waals surface area (Å²) >= 11 is 0. The smallest absolute Gasteiger partial charge is 0.244 e. The van der Waals surface area contributed by atoms with Gasteiger partial charge in [0.2, 0.25) is 17.6 Å². The van der Waals surface area contributed by atoms with Gasteiger partial charge in [0.15, 0.2) is 0 Å². The number of nitrogens with one attached hydrogen (secondary N) is 2. The van der Waals surface area contributed by atoms with Crippen molar-refractivity contribution in [1.29, 1.82) is 0 Å². The number of amides is 2. The van der Waals surface area contributed by atoms with Gasteiger partial charge in [-0.3, -0.25) is 9.59 Å². The number of aryl methyl sites for hydroxylation is 1. The van der Waals surface area contributed by atoms with E-state index in [-0.39, 0.29) is 18.4 Å². The molecule has 2 heterocycles. The molecule has 1 fully saturated rings. The van der Waals surface area contributed by atoms with E-state index in [1.54, 1.807) is 0 Å². The minimum atomic E-state index is -0.486. The van der Waals surface area contributed by atoms with Crippen LogP contribution in [0, 0.1) is 6.92 Å². The highest BCUT2D eigenvalue weighted by Gasteiger charge is 2.22. The van der Waals surface area contributed by atoms with Crippen LogP contribution in [0.15, 0.2) is 24.3 Å². The Balaban J connectivity index is 1.60. The molecule has 1 aliphatic rings. The standard InChI is InChI=1S/C16H20N6O2/c1-11-5-7-12(8-6-11)15-19-21-22(20-15)10-14(23)18-13-4-2-3-9-17-16(13)24/h5-8,13H,2-4,9-10H2,1H3,(H,17,24)(H,18,23)/t13-/m0/s1. The molecule has 2 aromatic rings. The van der Waals surface area contributed by atoms with Gasteiger partial charge < -0.3 is 10.6 Å². The normalized spacial score (nSPS) is 17.9. The van der Waals surface area contributed by atoms with Crippen LogP contribution in [0.25, 0.3) is 11.4 Å². The lowest BCUT2D eigenvalue weighted by atomic mass is 10.1. The van der Waals surface area contributed by atoms with Crippen LogP contribution in [0.5, 0.6) is 0 Å². The van der Waals surface area contributed by atoms with Gasteiger partial charge in [0.1, 0.15) is 12.6 Å². The lowest BCUT2D eigenvalue weighted by Gasteiger charge is -2.14. The number of rotatable bonds is 4. The molecule has 2 amide bonds. The van der Waals surface area contributed by atoms with E-state index >= 15 is 0 Å². The SMILES string of the molecule is Cc1ccc(-c2nnn(CC(=O)N[C@H]3CCCCNC3=O)n2)cc1. The molecule has 1 saturated heterocycles. The third-order valence-corrected chi connectivity index (χ3v) is 3.92. The van der Waals surface area contributed by atoms with E-state index in [1.807, 2.05) is 31.2 Å². The summed E-state index contributed by atoms with van der Waals surface area (Å²) in [7, 11) is 0. The summed E-state index contributed by atoms with van der Waals surface area (Å²) in [5.41, 5.74) is 1.99. The van der Waals surface area contributed by atoms with Crippen LogP contribution in [0.1, 0.15) is 24.8 Å². The number of nitrogens with zero attached hydrogens (tertiary/aromatic N) is 4. The highest BCUT2D eigenvalue weighted by molar-refractivity contribution is 5.87. The molecule has 1 atom stereocenters. The molecule has 0 saturated carbocycles. The molecule has 1 aromatic heterocycles. The maximum atomic E-state index is 12.1. The first-order chi connectivity index (χ1) is 11.6. The highest BCUT2D eigenvalue weighted by atomic mass is 16.2. The summed E-state index contributed by atoms with van der Waals surface area (Å²) in [4.78, 5) is 25.2. The van der Waals surface area contributed by atoms with E-state index in [4.69, 9.17) is 0 Å². The quantitative estimate of drug-likeness (QED) is 0.847. The summed E-state index contributed by atoms with van der Waals surface area (Å²) < 4.78 is 0. The van der Waals surface area contributed by atoms with Gasteiger partial charge in [0.05, 0.1) is 0 Å². The summed E-state index contributed by atoms with van der Waals surface area (Å²) in [6.07, 6.45) is 2.49. The van der Waals surface area contributed by atoms with E-state index in [9.17, 15) is 9.59 Å². The summed E-state index contributed by atoms with van der Waals surface area (Å²) in [5, 5.41) is 17.6. The van der Waals surface area contributed by atoms with E-state index in [0.29, 0.717) is 18.8 Å². The molecule has 0 unspecified atom stereocenters. The Kier molecular flexibility index (Phi) is 4.83. The van der Waals surface area contributed by atoms with Crippen molar-refractivity contribution in [2.24, 2.45) is 0 Å². The fourth-order valence-electron chi connectivity index (χ4n) is 2.57. The number of tetrazole rings is 1. The minimum Gasteiger partial charge on any atom is -0.354 e. The van der Waals surface area contributed by atoms with Crippen LogP contribution in [-0.4, -0.2) is 44.6 Å². The van der Waals surface area contributed by atoms with Crippen LogP contribution in [-0.2, 0) is 16.1 Å². The molecule has 126 valence electrons. The van der Waals surface area contributed by atoms with E-state index in [0.717, 1.165) is 24.0 Å². The Labute approximate surface area is 139 Å². The fraction of sp³-hybridized carbons (Fsp3) is 0.438. The number of hydrogen-bond acceptors (Lipinski definition) is 5. The van der Waals surface area contributed by atoms with Crippen molar-refractivity contribution in [2.75, 3.05) is 6.54 Å². The van der Waals surface area contributed by atoms with Gasteiger partial charge in [-0.05, 0) is 31.4 Å². The van der Waals surface area contributed by atoms with Crippen molar-refractivity contribution in [3.8, 4) is 11.4 Å². The molecule has 3 rings (SSSR count). The molecular formula is C16H20N6O2. The van der Waals surface area contributed by atoms with Gasteiger partial charge in [-0.15, -0.1) is 10.2 Å². The highest BCUT2D eigenvalue weighted by Crippen LogP contribution is 2.13. The predicted molar refractivity (Wildman–Crippen MR) is 86.8 cm³/mol. The number of carbonyl (C=O) groups excluding carboxylic acids is 2. The average molecular weight is 328 g/mol. The molecule has 2 N–H and O–H groups in total. The largest absolute Gasteiger partial charge is 0.354 e. The second-order valence-electron chi connectivity index (χ2n) is 5.92. The second kappa shape index (κ2) is 7.20. The summed E-state index contributed by atoms with van der Waals surface area (Å²) in [5.74, 6) is 0.0349. The van der Waals surface area contributed by atoms with Gasteiger partial charge in [-0.25, -0.2) is 0 Å². The molecule has 0 radical (unpaired) electrons. The summed E-state index contributed by atoms with van der Waals surface area (Å²) in [6, 6.07) is 7.26. The van der Waals surface area contributed by atoms with Gasteiger partial charge in [0, 0.05) is 12.1 Å². The third kappa shape index (κ3) is 3.95. The molecular weight excluding hydrogens is 308 g/mol. The lowest BCUT2D eigenvalue weighted by molar-refractivity contribution is -0.129. The van der Waals surface area contributed by atoms with Crippen LogP contribution >= 0.6 is 0 Å². The molecule has 0 spiro atoms. The predicted octanol–water partition coefficient (Wildman–Crippen LogP) is 0.433. The first-order valence-corrected chi connectivity index (χ1v) is 8.04. The Morgan fingerprint density at radius 1 is 1.33 bits per heavy atom. The summed E-state index contributed by atoms with van der Waals surface area (Å²) in [6.45, 7) is 2.60. The number of benzene rings is 1. The van der Waals surface area contributed by atoms with Crippen LogP contribution in [0.4, 0.5) is 0 Å². The topological polar surface area (TPSA) is 102 Å². The molecule has 24 heavy (non-hydrogen) atoms. The maximum absolute atomic E-state index is 12.1. The number of aromatic nitrogens is 4. The Hall–Kier alpha value is -2.77. The van der Waals surface area contributed by atoms with Crippen molar-refractivity contribution >= 4 is 11.8 Å². The fourth-order valence-corrected chi connectivity index (χ4v) is 2.57. The van der Waals surface area contributed by atoms with Crippen molar-refractivity contribution < 1.29 is 9.59 Å². The first kappa shape index (κ1) is 16.1. The van der Waals surface area contributed by atoms with Crippen LogP contribution < -0.4 is 10.6 Å². The van der Waals surface area contributed by atoms with E-state index < -0.39 is 6.04 Å². The Morgan fingerprint density at radius 3 is 2.92 bits per heavy atom. The molecule has 0 aliphatic carbocycles. The monoisotopic (exact) mass is 328 g/mol. The average Bonchev–Trinajstić information content (AvgIpc) is 2.93. The Morgan fingerprint density at radius 2 is 2.12 bits per heavy atom. The van der Waals surface area contributed by atoms with Gasteiger partial charge in [0.25, 0.3) is 0 Å². The van der Waals surface area contributed by atoms with E-state index in [1.165, 1.54) is 4.80 Å². The zero-order valence-electron chi connectivity index (χ0n) is 13.5. The second-order valence-corrected chi connectivity index (χ2v) is 5.92. The molecule has 1 aliphatic heterocycles. The number of carbonyl (C=O) groups is 2. The van der Waals surface area contributed by atoms with E-state index in [2.05, 4.69) is 26.0 Å². The molecule has 8 nitrogen and oxygen atoms in total. The molecule has 8 heteroatoms. The van der Waals surface area contributed by atoms with Gasteiger partial charge >= 0.3 is 0 Å². The van der Waals surface area contributed by atoms with Crippen molar-refractivity contribution in [1.82, 2.24) is 30.8 Å². The lowest BCUT2D eigenvalue weighted by Crippen LogP contribution is -2.46.